The zero-order chi connectivity index (χ0) is 10.2. The Hall–Kier alpha value is -0.870. The third kappa shape index (κ3) is 1.35. The molecule has 0 spiro atoms. The molecule has 0 saturated heterocycles. The fourth-order valence-corrected chi connectivity index (χ4v) is 2.15. The third-order valence-electron chi connectivity index (χ3n) is 3.41. The average Bonchev–Trinajstić information content (AvgIpc) is 2.50. The van der Waals surface area contributed by atoms with E-state index in [1.165, 1.54) is 6.42 Å². The zero-order valence-electron chi connectivity index (χ0n) is 8.48. The molecule has 0 bridgehead atoms. The molecule has 1 aromatic heterocycles. The minimum atomic E-state index is -0.0803. The summed E-state index contributed by atoms with van der Waals surface area (Å²) < 4.78 is 1.75. The van der Waals surface area contributed by atoms with Gasteiger partial charge in [-0.15, -0.1) is 0 Å². The van der Waals surface area contributed by atoms with E-state index in [9.17, 15) is 5.11 Å². The zero-order valence-corrected chi connectivity index (χ0v) is 8.48. The van der Waals surface area contributed by atoms with Gasteiger partial charge in [0.1, 0.15) is 0 Å². The lowest BCUT2D eigenvalue weighted by Crippen LogP contribution is -2.43. The largest absolute Gasteiger partial charge is 0.396 e. The average molecular weight is 195 g/mol. The minimum Gasteiger partial charge on any atom is -0.396 e. The van der Waals surface area contributed by atoms with Gasteiger partial charge in [-0.05, 0) is 12.8 Å². The summed E-state index contributed by atoms with van der Waals surface area (Å²) in [5.74, 6) is 0. The van der Waals surface area contributed by atoms with Crippen molar-refractivity contribution in [3.63, 3.8) is 0 Å². The molecule has 0 aromatic carbocycles. The van der Waals surface area contributed by atoms with Crippen molar-refractivity contribution in [2.24, 2.45) is 18.2 Å². The highest BCUT2D eigenvalue weighted by Gasteiger charge is 2.42. The summed E-state index contributed by atoms with van der Waals surface area (Å²) in [6.45, 7) is 0.184. The Kier molecular flexibility index (Phi) is 2.33. The summed E-state index contributed by atoms with van der Waals surface area (Å²) in [6, 6.07) is -0.0741. The van der Waals surface area contributed by atoms with E-state index in [-0.39, 0.29) is 18.1 Å². The van der Waals surface area contributed by atoms with Gasteiger partial charge in [-0.3, -0.25) is 4.68 Å². The van der Waals surface area contributed by atoms with E-state index in [1.807, 2.05) is 13.2 Å². The highest BCUT2D eigenvalue weighted by Crippen LogP contribution is 2.48. The van der Waals surface area contributed by atoms with E-state index >= 15 is 0 Å². The maximum Gasteiger partial charge on any atom is 0.0537 e. The second kappa shape index (κ2) is 3.37. The second-order valence-electron chi connectivity index (χ2n) is 4.30. The number of nitrogens with two attached hydrogens (primary N) is 1. The number of aromatic nitrogens is 2. The van der Waals surface area contributed by atoms with Crippen LogP contribution < -0.4 is 5.73 Å². The first-order chi connectivity index (χ1) is 6.68. The van der Waals surface area contributed by atoms with Crippen LogP contribution in [0.25, 0.3) is 0 Å². The number of aryl methyl sites for hydroxylation is 1. The monoisotopic (exact) mass is 195 g/mol. The highest BCUT2D eigenvalue weighted by molar-refractivity contribution is 5.16. The first-order valence-electron chi connectivity index (χ1n) is 5.03. The van der Waals surface area contributed by atoms with E-state index in [1.54, 1.807) is 10.9 Å². The summed E-state index contributed by atoms with van der Waals surface area (Å²) in [6.07, 6.45) is 6.95. The molecule has 1 unspecified atom stereocenters. The first kappa shape index (κ1) is 9.68. The van der Waals surface area contributed by atoms with Gasteiger partial charge >= 0.3 is 0 Å². The number of nitrogens with zero attached hydrogens (tertiary/aromatic N) is 2. The van der Waals surface area contributed by atoms with E-state index in [0.29, 0.717) is 0 Å². The van der Waals surface area contributed by atoms with Gasteiger partial charge < -0.3 is 10.8 Å². The molecule has 1 aromatic rings. The molecule has 0 amide bonds. The molecule has 1 fully saturated rings. The van der Waals surface area contributed by atoms with Crippen molar-refractivity contribution < 1.29 is 5.11 Å². The Bertz CT molecular complexity index is 311. The number of aliphatic hydroxyl groups is 1. The number of hydrogen-bond acceptors (Lipinski definition) is 3. The maximum atomic E-state index is 9.37. The molecule has 1 saturated carbocycles. The maximum absolute atomic E-state index is 9.37. The van der Waals surface area contributed by atoms with Crippen LogP contribution in [-0.4, -0.2) is 21.5 Å². The van der Waals surface area contributed by atoms with Gasteiger partial charge in [0.2, 0.25) is 0 Å². The quantitative estimate of drug-likeness (QED) is 0.741. The van der Waals surface area contributed by atoms with Gasteiger partial charge in [-0.25, -0.2) is 0 Å². The molecule has 2 rings (SSSR count). The van der Waals surface area contributed by atoms with Crippen molar-refractivity contribution in [1.82, 2.24) is 9.78 Å². The van der Waals surface area contributed by atoms with Crippen LogP contribution in [0.15, 0.2) is 12.4 Å². The smallest absolute Gasteiger partial charge is 0.0537 e. The van der Waals surface area contributed by atoms with Crippen LogP contribution in [0, 0.1) is 5.41 Å². The lowest BCUT2D eigenvalue weighted by atomic mass is 9.63. The first-order valence-corrected chi connectivity index (χ1v) is 5.03. The summed E-state index contributed by atoms with van der Waals surface area (Å²) >= 11 is 0. The molecule has 3 N–H and O–H groups in total. The van der Waals surface area contributed by atoms with Gasteiger partial charge in [0, 0.05) is 30.3 Å². The lowest BCUT2D eigenvalue weighted by molar-refractivity contribution is 0.0184. The van der Waals surface area contributed by atoms with Gasteiger partial charge in [0.15, 0.2) is 0 Å². The summed E-state index contributed by atoms with van der Waals surface area (Å²) in [7, 11) is 1.88. The van der Waals surface area contributed by atoms with Crippen molar-refractivity contribution in [1.29, 1.82) is 0 Å². The molecule has 4 heteroatoms. The van der Waals surface area contributed by atoms with E-state index in [4.69, 9.17) is 5.73 Å². The van der Waals surface area contributed by atoms with Crippen LogP contribution in [0.4, 0.5) is 0 Å². The molecule has 78 valence electrons. The number of rotatable bonds is 3. The van der Waals surface area contributed by atoms with Crippen LogP contribution in [0.1, 0.15) is 30.9 Å². The highest BCUT2D eigenvalue weighted by atomic mass is 16.3. The Morgan fingerprint density at radius 3 is 2.79 bits per heavy atom. The fraction of sp³-hybridized carbons (Fsp3) is 0.700. The molecule has 1 heterocycles. The summed E-state index contributed by atoms with van der Waals surface area (Å²) in [5, 5.41) is 13.5. The van der Waals surface area contributed by atoms with Crippen molar-refractivity contribution >= 4 is 0 Å². The third-order valence-corrected chi connectivity index (χ3v) is 3.41. The summed E-state index contributed by atoms with van der Waals surface area (Å²) in [4.78, 5) is 0. The van der Waals surface area contributed by atoms with Crippen LogP contribution in [-0.2, 0) is 7.05 Å². The number of hydrogen-bond donors (Lipinski definition) is 2. The van der Waals surface area contributed by atoms with Gasteiger partial charge in [-0.2, -0.15) is 5.10 Å². The Labute approximate surface area is 83.7 Å². The SMILES string of the molecule is Cn1cc(C(N)C2(CO)CCC2)cn1. The van der Waals surface area contributed by atoms with Crippen LogP contribution in [0.5, 0.6) is 0 Å². The Morgan fingerprint density at radius 1 is 1.71 bits per heavy atom. The predicted molar refractivity (Wildman–Crippen MR) is 53.5 cm³/mol. The van der Waals surface area contributed by atoms with Crippen molar-refractivity contribution in [2.45, 2.75) is 25.3 Å². The molecular formula is C10H17N3O. The van der Waals surface area contributed by atoms with Crippen molar-refractivity contribution in [3.05, 3.63) is 18.0 Å². The topological polar surface area (TPSA) is 64.1 Å². The molecule has 1 aliphatic carbocycles. The predicted octanol–water partition coefficient (Wildman–Crippen LogP) is 0.582. The van der Waals surface area contributed by atoms with Crippen LogP contribution in [0.2, 0.25) is 0 Å². The van der Waals surface area contributed by atoms with E-state index in [2.05, 4.69) is 5.10 Å². The van der Waals surface area contributed by atoms with Crippen molar-refractivity contribution in [3.8, 4) is 0 Å². The lowest BCUT2D eigenvalue weighted by Gasteiger charge is -2.44. The Balaban J connectivity index is 2.18. The molecule has 0 radical (unpaired) electrons. The van der Waals surface area contributed by atoms with Gasteiger partial charge in [0.05, 0.1) is 12.8 Å². The normalized spacial score (nSPS) is 21.6. The van der Waals surface area contributed by atoms with E-state index < -0.39 is 0 Å². The summed E-state index contributed by atoms with van der Waals surface area (Å²) in [5.41, 5.74) is 7.09. The molecule has 14 heavy (non-hydrogen) atoms. The standard InChI is InChI=1S/C10H17N3O/c1-13-6-8(5-12-13)9(11)10(7-14)3-2-4-10/h5-6,9,14H,2-4,7,11H2,1H3. The van der Waals surface area contributed by atoms with Crippen LogP contribution >= 0.6 is 0 Å². The van der Waals surface area contributed by atoms with Gasteiger partial charge in [-0.1, -0.05) is 6.42 Å². The van der Waals surface area contributed by atoms with E-state index in [0.717, 1.165) is 18.4 Å². The number of aliphatic hydroxyl groups excluding tert-OH is 1. The van der Waals surface area contributed by atoms with Gasteiger partial charge in [0.25, 0.3) is 0 Å². The van der Waals surface area contributed by atoms with Crippen molar-refractivity contribution in [2.75, 3.05) is 6.61 Å². The minimum absolute atomic E-state index is 0.0741. The molecule has 0 aliphatic heterocycles. The second-order valence-corrected chi connectivity index (χ2v) is 4.30. The molecule has 1 atom stereocenters. The Morgan fingerprint density at radius 2 is 2.43 bits per heavy atom. The van der Waals surface area contributed by atoms with Crippen LogP contribution in [0.3, 0.4) is 0 Å². The fourth-order valence-electron chi connectivity index (χ4n) is 2.15. The molecule has 1 aliphatic rings. The molecule has 4 nitrogen and oxygen atoms in total. The molecular weight excluding hydrogens is 178 g/mol.